The van der Waals surface area contributed by atoms with Crippen molar-refractivity contribution in [3.8, 4) is 0 Å². The van der Waals surface area contributed by atoms with Gasteiger partial charge in [-0.1, -0.05) is 78.1 Å². The van der Waals surface area contributed by atoms with E-state index in [0.717, 1.165) is 26.2 Å². The lowest BCUT2D eigenvalue weighted by Gasteiger charge is -2.19. The molecule has 0 aromatic heterocycles. The minimum atomic E-state index is 0.177. The smallest absolute Gasteiger partial charge is 0.120 e. The van der Waals surface area contributed by atoms with E-state index in [1.54, 1.807) is 0 Å². The topological polar surface area (TPSA) is 33.3 Å². The Bertz CT molecular complexity index is 212. The van der Waals surface area contributed by atoms with Crippen LogP contribution in [0.5, 0.6) is 0 Å². The van der Waals surface area contributed by atoms with Crippen LogP contribution in [0.2, 0.25) is 0 Å². The number of unbranched alkanes of at least 4 members (excludes halogenated alkanes) is 10. The van der Waals surface area contributed by atoms with Crippen molar-refractivity contribution in [1.82, 2.24) is 10.6 Å². The Labute approximate surface area is 146 Å². The summed E-state index contributed by atoms with van der Waals surface area (Å²) >= 11 is 0. The molecule has 0 rings (SSSR count). The predicted octanol–water partition coefficient (Wildman–Crippen LogP) is 5.25. The van der Waals surface area contributed by atoms with E-state index in [2.05, 4.69) is 31.4 Å². The van der Waals surface area contributed by atoms with Crippen LogP contribution in [0.1, 0.15) is 97.8 Å². The van der Waals surface area contributed by atoms with E-state index >= 15 is 0 Å². The van der Waals surface area contributed by atoms with Gasteiger partial charge in [-0.2, -0.15) is 0 Å². The van der Waals surface area contributed by atoms with Crippen molar-refractivity contribution in [3.05, 3.63) is 0 Å². The lowest BCUT2D eigenvalue weighted by atomic mass is 10.1. The molecule has 0 saturated carbocycles. The minimum absolute atomic E-state index is 0.177. The van der Waals surface area contributed by atoms with Crippen LogP contribution >= 0.6 is 0 Å². The fourth-order valence-corrected chi connectivity index (χ4v) is 2.82. The lowest BCUT2D eigenvalue weighted by Crippen LogP contribution is -2.41. The maximum Gasteiger partial charge on any atom is 0.120 e. The number of hydrogen-bond acceptors (Lipinski definition) is 3. The van der Waals surface area contributed by atoms with E-state index < -0.39 is 0 Å². The monoisotopic (exact) mass is 328 g/mol. The maximum atomic E-state index is 5.77. The summed E-state index contributed by atoms with van der Waals surface area (Å²) in [6.45, 7) is 10.5. The van der Waals surface area contributed by atoms with Gasteiger partial charge in [0.05, 0.1) is 0 Å². The van der Waals surface area contributed by atoms with Gasteiger partial charge in [0.1, 0.15) is 6.23 Å². The summed E-state index contributed by atoms with van der Waals surface area (Å²) in [7, 11) is 0. The van der Waals surface area contributed by atoms with Crippen molar-refractivity contribution >= 4 is 0 Å². The molecule has 0 aromatic carbocycles. The van der Waals surface area contributed by atoms with Crippen LogP contribution in [0.3, 0.4) is 0 Å². The third-order valence-corrected chi connectivity index (χ3v) is 4.31. The molecule has 140 valence electrons. The highest BCUT2D eigenvalue weighted by molar-refractivity contribution is 4.61. The first-order valence-electron chi connectivity index (χ1n) is 10.4. The van der Waals surface area contributed by atoms with Crippen molar-refractivity contribution in [1.29, 1.82) is 0 Å². The fraction of sp³-hybridized carbons (Fsp3) is 1.00. The first kappa shape index (κ1) is 22.9. The first-order chi connectivity index (χ1) is 11.3. The Kier molecular flexibility index (Phi) is 19.8. The van der Waals surface area contributed by atoms with Crippen LogP contribution in [-0.4, -0.2) is 32.5 Å². The number of nitrogens with one attached hydrogen (secondary N) is 2. The van der Waals surface area contributed by atoms with Gasteiger partial charge in [0.25, 0.3) is 0 Å². The molecule has 3 heteroatoms. The van der Waals surface area contributed by atoms with Crippen LogP contribution in [0, 0.1) is 0 Å². The SMILES string of the molecule is CCCCCCCCNCC(NCCCCCCCC)OCC. The molecule has 0 aliphatic heterocycles. The van der Waals surface area contributed by atoms with Crippen molar-refractivity contribution in [3.63, 3.8) is 0 Å². The van der Waals surface area contributed by atoms with E-state index in [1.807, 2.05) is 0 Å². The molecular formula is C20H44N2O. The average molecular weight is 329 g/mol. The molecule has 0 radical (unpaired) electrons. The molecule has 0 aromatic rings. The maximum absolute atomic E-state index is 5.77. The van der Waals surface area contributed by atoms with Gasteiger partial charge in [-0.05, 0) is 32.9 Å². The second kappa shape index (κ2) is 19.9. The highest BCUT2D eigenvalue weighted by Crippen LogP contribution is 2.05. The van der Waals surface area contributed by atoms with Crippen molar-refractivity contribution in [2.24, 2.45) is 0 Å². The first-order valence-corrected chi connectivity index (χ1v) is 10.4. The normalized spacial score (nSPS) is 12.7. The minimum Gasteiger partial charge on any atom is -0.362 e. The fourth-order valence-electron chi connectivity index (χ4n) is 2.82. The Hall–Kier alpha value is -0.120. The molecule has 0 spiro atoms. The Morgan fingerprint density at radius 1 is 0.652 bits per heavy atom. The number of hydrogen-bond donors (Lipinski definition) is 2. The summed E-state index contributed by atoms with van der Waals surface area (Å²) in [5.74, 6) is 0. The van der Waals surface area contributed by atoms with Gasteiger partial charge in [-0.25, -0.2) is 0 Å². The molecule has 0 saturated heterocycles. The molecule has 0 heterocycles. The molecule has 3 nitrogen and oxygen atoms in total. The van der Waals surface area contributed by atoms with Crippen LogP contribution < -0.4 is 10.6 Å². The van der Waals surface area contributed by atoms with Gasteiger partial charge in [-0.3, -0.25) is 5.32 Å². The summed E-state index contributed by atoms with van der Waals surface area (Å²) in [6.07, 6.45) is 16.4. The van der Waals surface area contributed by atoms with Crippen LogP contribution in [0.4, 0.5) is 0 Å². The molecule has 0 bridgehead atoms. The summed E-state index contributed by atoms with van der Waals surface area (Å²) in [6, 6.07) is 0. The van der Waals surface area contributed by atoms with Crippen LogP contribution in [-0.2, 0) is 4.74 Å². The summed E-state index contributed by atoms with van der Waals surface area (Å²) in [4.78, 5) is 0. The largest absolute Gasteiger partial charge is 0.362 e. The zero-order valence-electron chi connectivity index (χ0n) is 16.3. The molecule has 23 heavy (non-hydrogen) atoms. The Morgan fingerprint density at radius 3 is 1.74 bits per heavy atom. The van der Waals surface area contributed by atoms with E-state index in [9.17, 15) is 0 Å². The molecule has 1 unspecified atom stereocenters. The molecular weight excluding hydrogens is 284 g/mol. The van der Waals surface area contributed by atoms with Gasteiger partial charge in [0, 0.05) is 13.2 Å². The summed E-state index contributed by atoms with van der Waals surface area (Å²) in [5, 5.41) is 7.09. The van der Waals surface area contributed by atoms with Crippen LogP contribution in [0.15, 0.2) is 0 Å². The third kappa shape index (κ3) is 18.1. The van der Waals surface area contributed by atoms with Crippen LogP contribution in [0.25, 0.3) is 0 Å². The molecule has 0 amide bonds. The standard InChI is InChI=1S/C20H44N2O/c1-4-7-9-11-13-15-17-21-19-20(23-6-3)22-18-16-14-12-10-8-5-2/h20-22H,4-19H2,1-3H3. The van der Waals surface area contributed by atoms with E-state index in [1.165, 1.54) is 77.0 Å². The molecule has 0 aliphatic rings. The Morgan fingerprint density at radius 2 is 1.17 bits per heavy atom. The summed E-state index contributed by atoms with van der Waals surface area (Å²) in [5.41, 5.74) is 0. The second-order valence-corrected chi connectivity index (χ2v) is 6.64. The highest BCUT2D eigenvalue weighted by atomic mass is 16.5. The van der Waals surface area contributed by atoms with Gasteiger partial charge >= 0.3 is 0 Å². The van der Waals surface area contributed by atoms with Gasteiger partial charge in [-0.15, -0.1) is 0 Å². The second-order valence-electron chi connectivity index (χ2n) is 6.64. The van der Waals surface area contributed by atoms with E-state index in [0.29, 0.717) is 0 Å². The molecule has 0 fully saturated rings. The zero-order chi connectivity index (χ0) is 17.0. The predicted molar refractivity (Wildman–Crippen MR) is 103 cm³/mol. The van der Waals surface area contributed by atoms with Crippen molar-refractivity contribution in [2.45, 2.75) is 104 Å². The third-order valence-electron chi connectivity index (χ3n) is 4.31. The van der Waals surface area contributed by atoms with Crippen molar-refractivity contribution < 1.29 is 4.74 Å². The van der Waals surface area contributed by atoms with Gasteiger partial charge in [0.2, 0.25) is 0 Å². The average Bonchev–Trinajstić information content (AvgIpc) is 2.56. The van der Waals surface area contributed by atoms with E-state index in [-0.39, 0.29) is 6.23 Å². The molecule has 2 N–H and O–H groups in total. The van der Waals surface area contributed by atoms with Gasteiger partial charge in [0.15, 0.2) is 0 Å². The molecule has 0 aliphatic carbocycles. The quantitative estimate of drug-likeness (QED) is 0.251. The van der Waals surface area contributed by atoms with Gasteiger partial charge < -0.3 is 10.1 Å². The van der Waals surface area contributed by atoms with Crippen molar-refractivity contribution in [2.75, 3.05) is 26.2 Å². The lowest BCUT2D eigenvalue weighted by molar-refractivity contribution is 0.0385. The number of ether oxygens (including phenoxy) is 1. The molecule has 1 atom stereocenters. The zero-order valence-corrected chi connectivity index (χ0v) is 16.3. The van der Waals surface area contributed by atoms with E-state index in [4.69, 9.17) is 4.74 Å². The Balaban J connectivity index is 3.43. The highest BCUT2D eigenvalue weighted by Gasteiger charge is 2.06. The summed E-state index contributed by atoms with van der Waals surface area (Å²) < 4.78 is 5.77. The number of rotatable bonds is 19.